The lowest BCUT2D eigenvalue weighted by Crippen LogP contribution is -2.21. The van der Waals surface area contributed by atoms with Gasteiger partial charge in [-0.2, -0.15) is 0 Å². The van der Waals surface area contributed by atoms with Crippen LogP contribution in [0, 0.1) is 6.92 Å². The third-order valence-corrected chi connectivity index (χ3v) is 2.66. The second-order valence-electron chi connectivity index (χ2n) is 3.74. The minimum Gasteiger partial charge on any atom is -0.376 e. The molecular weight excluding hydrogens is 298 g/mol. The van der Waals surface area contributed by atoms with Gasteiger partial charge in [0, 0.05) is 16.2 Å². The molecule has 18 heavy (non-hydrogen) atoms. The van der Waals surface area contributed by atoms with E-state index in [2.05, 4.69) is 31.7 Å². The number of aromatic nitrogens is 1. The summed E-state index contributed by atoms with van der Waals surface area (Å²) in [5, 5.41) is 9.30. The monoisotopic (exact) mass is 309 g/mol. The Labute approximate surface area is 113 Å². The Bertz CT molecular complexity index is 554. The number of rotatable bonds is 4. The molecule has 1 aromatic carbocycles. The molecule has 0 radical (unpaired) electrons. The Morgan fingerprint density at radius 3 is 2.94 bits per heavy atom. The molecule has 0 bridgehead atoms. The van der Waals surface area contributed by atoms with Crippen molar-refractivity contribution in [1.29, 1.82) is 0 Å². The molecule has 1 aromatic heterocycles. The maximum Gasteiger partial charge on any atom is 0.246 e. The average molecular weight is 310 g/mol. The van der Waals surface area contributed by atoms with Crippen molar-refractivity contribution in [1.82, 2.24) is 5.16 Å². The van der Waals surface area contributed by atoms with Crippen molar-refractivity contribution < 1.29 is 9.32 Å². The Kier molecular flexibility index (Phi) is 3.99. The van der Waals surface area contributed by atoms with E-state index in [1.54, 1.807) is 13.0 Å². The third kappa shape index (κ3) is 3.59. The van der Waals surface area contributed by atoms with Gasteiger partial charge < -0.3 is 9.84 Å². The first-order valence-electron chi connectivity index (χ1n) is 5.36. The molecule has 1 heterocycles. The molecule has 0 aliphatic heterocycles. The number of nitrogens with one attached hydrogen (secondary N) is 2. The summed E-state index contributed by atoms with van der Waals surface area (Å²) in [6, 6.07) is 9.26. The maximum atomic E-state index is 11.6. The first-order valence-corrected chi connectivity index (χ1v) is 6.15. The molecule has 0 aliphatic rings. The lowest BCUT2D eigenvalue weighted by Gasteiger charge is -2.05. The third-order valence-electron chi connectivity index (χ3n) is 2.17. The molecule has 0 saturated carbocycles. The van der Waals surface area contributed by atoms with Crippen molar-refractivity contribution in [2.24, 2.45) is 0 Å². The fourth-order valence-corrected chi connectivity index (χ4v) is 1.78. The van der Waals surface area contributed by atoms with Gasteiger partial charge in [-0.15, -0.1) is 0 Å². The van der Waals surface area contributed by atoms with E-state index in [0.29, 0.717) is 5.88 Å². The van der Waals surface area contributed by atoms with E-state index in [4.69, 9.17) is 4.52 Å². The highest BCUT2D eigenvalue weighted by atomic mass is 79.9. The van der Waals surface area contributed by atoms with Crippen molar-refractivity contribution in [2.45, 2.75) is 6.92 Å². The molecule has 2 aromatic rings. The van der Waals surface area contributed by atoms with Crippen LogP contribution >= 0.6 is 15.9 Å². The van der Waals surface area contributed by atoms with E-state index in [1.165, 1.54) is 0 Å². The van der Waals surface area contributed by atoms with E-state index in [0.717, 1.165) is 15.9 Å². The molecule has 2 rings (SSSR count). The fourth-order valence-electron chi connectivity index (χ4n) is 1.38. The smallest absolute Gasteiger partial charge is 0.246 e. The summed E-state index contributed by atoms with van der Waals surface area (Å²) in [6.07, 6.45) is 0. The van der Waals surface area contributed by atoms with Crippen LogP contribution in [0.5, 0.6) is 0 Å². The second kappa shape index (κ2) is 5.68. The van der Waals surface area contributed by atoms with E-state index < -0.39 is 0 Å². The number of halogens is 1. The lowest BCUT2D eigenvalue weighted by atomic mass is 10.3. The summed E-state index contributed by atoms with van der Waals surface area (Å²) < 4.78 is 5.85. The molecule has 0 fully saturated rings. The molecule has 0 aliphatic carbocycles. The number of aryl methyl sites for hydroxylation is 1. The number of carbonyl (C=O) groups excluding carboxylic acids is 1. The average Bonchev–Trinajstić information content (AvgIpc) is 2.72. The van der Waals surface area contributed by atoms with Gasteiger partial charge in [0.1, 0.15) is 0 Å². The first kappa shape index (κ1) is 12.6. The minimum atomic E-state index is -0.189. The van der Waals surface area contributed by atoms with Gasteiger partial charge in [0.25, 0.3) is 0 Å². The number of anilines is 2. The number of benzene rings is 1. The highest BCUT2D eigenvalue weighted by molar-refractivity contribution is 9.10. The molecule has 0 unspecified atom stereocenters. The van der Waals surface area contributed by atoms with Gasteiger partial charge in [0.05, 0.1) is 12.2 Å². The lowest BCUT2D eigenvalue weighted by molar-refractivity contribution is -0.114. The van der Waals surface area contributed by atoms with Crippen LogP contribution in [0.2, 0.25) is 0 Å². The number of hydrogen-bond donors (Lipinski definition) is 2. The van der Waals surface area contributed by atoms with Crippen LogP contribution in [0.3, 0.4) is 0 Å². The number of amides is 1. The van der Waals surface area contributed by atoms with E-state index in [9.17, 15) is 4.79 Å². The number of carbonyl (C=O) groups is 1. The maximum absolute atomic E-state index is 11.6. The largest absolute Gasteiger partial charge is 0.376 e. The molecule has 6 heteroatoms. The molecule has 0 spiro atoms. The predicted molar refractivity (Wildman–Crippen MR) is 72.5 cm³/mol. The Morgan fingerprint density at radius 1 is 1.44 bits per heavy atom. The fraction of sp³-hybridized carbons (Fsp3) is 0.167. The molecule has 0 atom stereocenters. The van der Waals surface area contributed by atoms with Crippen molar-refractivity contribution in [3.05, 3.63) is 40.5 Å². The Balaban J connectivity index is 1.85. The molecule has 2 N–H and O–H groups in total. The van der Waals surface area contributed by atoms with Gasteiger partial charge in [0.15, 0.2) is 0 Å². The summed E-state index contributed by atoms with van der Waals surface area (Å²) in [5.41, 5.74) is 1.60. The van der Waals surface area contributed by atoms with Gasteiger partial charge in [-0.3, -0.25) is 10.1 Å². The van der Waals surface area contributed by atoms with Crippen molar-refractivity contribution in [2.75, 3.05) is 17.2 Å². The highest BCUT2D eigenvalue weighted by Gasteiger charge is 2.06. The van der Waals surface area contributed by atoms with Gasteiger partial charge >= 0.3 is 0 Å². The molecule has 1 amide bonds. The summed E-state index contributed by atoms with van der Waals surface area (Å²) in [4.78, 5) is 11.6. The Hall–Kier alpha value is -1.82. The number of nitrogens with zero attached hydrogens (tertiary/aromatic N) is 1. The van der Waals surface area contributed by atoms with Crippen molar-refractivity contribution in [3.63, 3.8) is 0 Å². The normalized spacial score (nSPS) is 10.1. The summed E-state index contributed by atoms with van der Waals surface area (Å²) >= 11 is 3.36. The quantitative estimate of drug-likeness (QED) is 0.911. The summed E-state index contributed by atoms with van der Waals surface area (Å²) in [7, 11) is 0. The summed E-state index contributed by atoms with van der Waals surface area (Å²) in [5.74, 6) is 0.166. The zero-order chi connectivity index (χ0) is 13.0. The summed E-state index contributed by atoms with van der Waals surface area (Å²) in [6.45, 7) is 1.95. The van der Waals surface area contributed by atoms with Crippen molar-refractivity contribution >= 4 is 33.4 Å². The molecular formula is C12H12BrN3O2. The Morgan fingerprint density at radius 2 is 2.28 bits per heavy atom. The van der Waals surface area contributed by atoms with E-state index >= 15 is 0 Å². The molecule has 5 nitrogen and oxygen atoms in total. The van der Waals surface area contributed by atoms with Crippen LogP contribution in [0.1, 0.15) is 5.69 Å². The zero-order valence-electron chi connectivity index (χ0n) is 9.74. The zero-order valence-corrected chi connectivity index (χ0v) is 11.3. The topological polar surface area (TPSA) is 67.2 Å². The SMILES string of the molecule is Cc1cc(NC(=O)CNc2cccc(Br)c2)on1. The van der Waals surface area contributed by atoms with E-state index in [-0.39, 0.29) is 12.5 Å². The minimum absolute atomic E-state index is 0.163. The van der Waals surface area contributed by atoms with Gasteiger partial charge in [-0.05, 0) is 25.1 Å². The number of hydrogen-bond acceptors (Lipinski definition) is 4. The van der Waals surface area contributed by atoms with Crippen molar-refractivity contribution in [3.8, 4) is 0 Å². The highest BCUT2D eigenvalue weighted by Crippen LogP contribution is 2.15. The van der Waals surface area contributed by atoms with E-state index in [1.807, 2.05) is 24.3 Å². The first-order chi connectivity index (χ1) is 8.63. The molecule has 94 valence electrons. The van der Waals surface area contributed by atoms with Crippen LogP contribution in [0.4, 0.5) is 11.6 Å². The predicted octanol–water partition coefficient (Wildman–Crippen LogP) is 2.80. The van der Waals surface area contributed by atoms with Gasteiger partial charge in [0.2, 0.25) is 11.8 Å². The second-order valence-corrected chi connectivity index (χ2v) is 4.66. The molecule has 0 saturated heterocycles. The van der Waals surface area contributed by atoms with Gasteiger partial charge in [-0.25, -0.2) is 0 Å². The van der Waals surface area contributed by atoms with Gasteiger partial charge in [-0.1, -0.05) is 27.2 Å². The van der Waals surface area contributed by atoms with Crippen LogP contribution in [-0.2, 0) is 4.79 Å². The standard InChI is InChI=1S/C12H12BrN3O2/c1-8-5-12(18-16-8)15-11(17)7-14-10-4-2-3-9(13)6-10/h2-6,14H,7H2,1H3,(H,15,17). The van der Waals surface area contributed by atoms with Crippen LogP contribution in [-0.4, -0.2) is 17.6 Å². The van der Waals surface area contributed by atoms with Crippen LogP contribution < -0.4 is 10.6 Å². The van der Waals surface area contributed by atoms with Crippen LogP contribution in [0.15, 0.2) is 39.3 Å². The van der Waals surface area contributed by atoms with Crippen LogP contribution in [0.25, 0.3) is 0 Å².